The van der Waals surface area contributed by atoms with E-state index in [4.69, 9.17) is 4.74 Å². The minimum atomic E-state index is 0.0317. The molecule has 7 nitrogen and oxygen atoms in total. The molecular formula is C32H38N4O3. The monoisotopic (exact) mass is 526 g/mol. The highest BCUT2D eigenvalue weighted by Gasteiger charge is 2.36. The molecule has 0 N–H and O–H groups in total. The zero-order valence-corrected chi connectivity index (χ0v) is 23.0. The van der Waals surface area contributed by atoms with Gasteiger partial charge in [-0.25, -0.2) is 0 Å². The molecule has 1 aromatic heterocycles. The van der Waals surface area contributed by atoms with E-state index >= 15 is 0 Å². The molecule has 5 rings (SSSR count). The average molecular weight is 527 g/mol. The highest BCUT2D eigenvalue weighted by Crippen LogP contribution is 2.32. The van der Waals surface area contributed by atoms with E-state index < -0.39 is 0 Å². The highest BCUT2D eigenvalue weighted by atomic mass is 16.5. The topological polar surface area (TPSA) is 66.0 Å². The molecule has 2 unspecified atom stereocenters. The largest absolute Gasteiger partial charge is 0.494 e. The summed E-state index contributed by atoms with van der Waals surface area (Å²) in [6.45, 7) is 6.82. The van der Waals surface area contributed by atoms with E-state index in [1.165, 1.54) is 5.56 Å². The number of fused-ring (bicyclic) bond motifs is 3. The van der Waals surface area contributed by atoms with Crippen LogP contribution in [-0.2, 0) is 29.1 Å². The first-order chi connectivity index (χ1) is 19.0. The summed E-state index contributed by atoms with van der Waals surface area (Å²) >= 11 is 0. The van der Waals surface area contributed by atoms with Gasteiger partial charge in [-0.3, -0.25) is 19.5 Å². The van der Waals surface area contributed by atoms with Crippen LogP contribution in [0.25, 0.3) is 0 Å². The van der Waals surface area contributed by atoms with Crippen molar-refractivity contribution in [1.82, 2.24) is 14.8 Å². The van der Waals surface area contributed by atoms with Crippen molar-refractivity contribution in [3.05, 3.63) is 89.7 Å². The van der Waals surface area contributed by atoms with Crippen LogP contribution in [0.5, 0.6) is 5.75 Å². The third-order valence-corrected chi connectivity index (χ3v) is 7.97. The second kappa shape index (κ2) is 12.4. The zero-order valence-electron chi connectivity index (χ0n) is 23.0. The van der Waals surface area contributed by atoms with Crippen LogP contribution >= 0.6 is 0 Å². The Kier molecular flexibility index (Phi) is 8.57. The van der Waals surface area contributed by atoms with Gasteiger partial charge >= 0.3 is 0 Å². The fourth-order valence-corrected chi connectivity index (χ4v) is 5.98. The zero-order chi connectivity index (χ0) is 27.2. The normalized spacial score (nSPS) is 19.7. The number of benzene rings is 2. The number of ether oxygens (including phenoxy) is 1. The van der Waals surface area contributed by atoms with E-state index in [9.17, 15) is 9.59 Å². The second-order valence-corrected chi connectivity index (χ2v) is 10.5. The molecule has 1 saturated heterocycles. The van der Waals surface area contributed by atoms with Crippen LogP contribution in [0.1, 0.15) is 49.8 Å². The molecule has 0 spiro atoms. The Labute approximate surface area is 231 Å². The van der Waals surface area contributed by atoms with E-state index in [1.807, 2.05) is 77.6 Å². The minimum Gasteiger partial charge on any atom is -0.494 e. The van der Waals surface area contributed by atoms with Crippen LogP contribution in [0.3, 0.4) is 0 Å². The number of amides is 2. The van der Waals surface area contributed by atoms with Gasteiger partial charge in [0.1, 0.15) is 5.75 Å². The van der Waals surface area contributed by atoms with Crippen molar-refractivity contribution in [2.75, 3.05) is 24.6 Å². The van der Waals surface area contributed by atoms with E-state index in [-0.39, 0.29) is 17.9 Å². The molecule has 7 heteroatoms. The standard InChI is InChI=1S/C32H38N4O3/c1-3-39-30-12-8-25(9-13-30)20-32(38)34-22-27-6-4-5-7-31(27)35(24(2)37)19-16-28-10-11-29(23-34)36(28)21-26-14-17-33-18-15-26/h4-9,12-15,17-18,28-29H,3,10-11,16,19-23H2,1-2H3. The van der Waals surface area contributed by atoms with E-state index in [0.717, 1.165) is 48.4 Å². The number of para-hydroxylation sites is 1. The summed E-state index contributed by atoms with van der Waals surface area (Å²) in [6.07, 6.45) is 6.99. The molecule has 0 radical (unpaired) electrons. The van der Waals surface area contributed by atoms with Crippen molar-refractivity contribution in [3.8, 4) is 5.75 Å². The maximum atomic E-state index is 13.9. The fourth-order valence-electron chi connectivity index (χ4n) is 5.98. The van der Waals surface area contributed by atoms with Crippen molar-refractivity contribution in [2.24, 2.45) is 0 Å². The smallest absolute Gasteiger partial charge is 0.227 e. The molecule has 2 aromatic carbocycles. The molecule has 2 aliphatic rings. The third kappa shape index (κ3) is 6.48. The predicted octanol–water partition coefficient (Wildman–Crippen LogP) is 4.84. The molecule has 0 saturated carbocycles. The van der Waals surface area contributed by atoms with Crippen molar-refractivity contribution < 1.29 is 14.3 Å². The Bertz CT molecular complexity index is 1260. The number of anilines is 1. The SMILES string of the molecule is CCOc1ccc(CC(=O)N2Cc3ccccc3N(C(C)=O)CCC3CCC(C2)N3Cc2ccncc2)cc1. The first-order valence-corrected chi connectivity index (χ1v) is 14.0. The summed E-state index contributed by atoms with van der Waals surface area (Å²) in [6, 6.07) is 20.6. The number of aromatic nitrogens is 1. The number of carbonyl (C=O) groups is 2. The average Bonchev–Trinajstić information content (AvgIpc) is 3.30. The summed E-state index contributed by atoms with van der Waals surface area (Å²) in [4.78, 5) is 37.4. The second-order valence-electron chi connectivity index (χ2n) is 10.5. The van der Waals surface area contributed by atoms with Gasteiger partial charge in [0, 0.05) is 63.3 Å². The number of carbonyl (C=O) groups excluding carboxylic acids is 2. The molecule has 2 bridgehead atoms. The quantitative estimate of drug-likeness (QED) is 0.460. The van der Waals surface area contributed by atoms with E-state index in [0.29, 0.717) is 38.7 Å². The molecule has 3 aromatic rings. The van der Waals surface area contributed by atoms with Crippen LogP contribution in [0.2, 0.25) is 0 Å². The molecule has 39 heavy (non-hydrogen) atoms. The first-order valence-electron chi connectivity index (χ1n) is 14.0. The molecule has 3 heterocycles. The lowest BCUT2D eigenvalue weighted by Gasteiger charge is -2.34. The molecule has 1 fully saturated rings. The molecule has 2 amide bonds. The van der Waals surface area contributed by atoms with Crippen LogP contribution in [0, 0.1) is 0 Å². The fraction of sp³-hybridized carbons (Fsp3) is 0.406. The lowest BCUT2D eigenvalue weighted by Crippen LogP contribution is -2.45. The van der Waals surface area contributed by atoms with Gasteiger partial charge in [-0.15, -0.1) is 0 Å². The van der Waals surface area contributed by atoms with Crippen LogP contribution in [0.15, 0.2) is 73.1 Å². The number of hydrogen-bond acceptors (Lipinski definition) is 5. The maximum absolute atomic E-state index is 13.9. The first kappa shape index (κ1) is 26.9. The van der Waals surface area contributed by atoms with Crippen molar-refractivity contribution >= 4 is 17.5 Å². The Morgan fingerprint density at radius 2 is 1.67 bits per heavy atom. The van der Waals surface area contributed by atoms with Crippen LogP contribution in [0.4, 0.5) is 5.69 Å². The van der Waals surface area contributed by atoms with Gasteiger partial charge < -0.3 is 14.5 Å². The number of nitrogens with zero attached hydrogens (tertiary/aromatic N) is 4. The van der Waals surface area contributed by atoms with Gasteiger partial charge in [0.05, 0.1) is 13.0 Å². The highest BCUT2D eigenvalue weighted by molar-refractivity contribution is 5.92. The third-order valence-electron chi connectivity index (χ3n) is 7.97. The maximum Gasteiger partial charge on any atom is 0.227 e. The molecule has 2 aliphatic heterocycles. The summed E-state index contributed by atoms with van der Waals surface area (Å²) in [5.74, 6) is 0.935. The van der Waals surface area contributed by atoms with Gasteiger partial charge in [-0.2, -0.15) is 0 Å². The summed E-state index contributed by atoms with van der Waals surface area (Å²) in [5, 5.41) is 0. The minimum absolute atomic E-state index is 0.0317. The van der Waals surface area contributed by atoms with E-state index in [2.05, 4.69) is 22.0 Å². The summed E-state index contributed by atoms with van der Waals surface area (Å²) in [7, 11) is 0. The molecule has 204 valence electrons. The predicted molar refractivity (Wildman–Crippen MR) is 152 cm³/mol. The number of pyridine rings is 1. The summed E-state index contributed by atoms with van der Waals surface area (Å²) in [5.41, 5.74) is 4.10. The summed E-state index contributed by atoms with van der Waals surface area (Å²) < 4.78 is 5.58. The Morgan fingerprint density at radius 1 is 0.923 bits per heavy atom. The van der Waals surface area contributed by atoms with Gasteiger partial charge in [0.15, 0.2) is 0 Å². The van der Waals surface area contributed by atoms with Gasteiger partial charge in [-0.05, 0) is 73.2 Å². The van der Waals surface area contributed by atoms with Crippen LogP contribution < -0.4 is 9.64 Å². The van der Waals surface area contributed by atoms with Gasteiger partial charge in [-0.1, -0.05) is 30.3 Å². The molecule has 0 aliphatic carbocycles. The van der Waals surface area contributed by atoms with Crippen LogP contribution in [-0.4, -0.2) is 58.4 Å². The van der Waals surface area contributed by atoms with E-state index in [1.54, 1.807) is 6.92 Å². The van der Waals surface area contributed by atoms with Crippen molar-refractivity contribution in [1.29, 1.82) is 0 Å². The van der Waals surface area contributed by atoms with Crippen molar-refractivity contribution in [2.45, 2.75) is 64.7 Å². The Balaban J connectivity index is 1.46. The Morgan fingerprint density at radius 3 is 2.41 bits per heavy atom. The lowest BCUT2D eigenvalue weighted by molar-refractivity contribution is -0.132. The number of rotatable bonds is 6. The van der Waals surface area contributed by atoms with Gasteiger partial charge in [0.25, 0.3) is 0 Å². The molecular weight excluding hydrogens is 488 g/mol. The number of hydrogen-bond donors (Lipinski definition) is 0. The Hall–Kier alpha value is -3.71. The lowest BCUT2D eigenvalue weighted by atomic mass is 10.1. The van der Waals surface area contributed by atoms with Gasteiger partial charge in [0.2, 0.25) is 11.8 Å². The molecule has 2 atom stereocenters. The van der Waals surface area contributed by atoms with Crippen molar-refractivity contribution in [3.63, 3.8) is 0 Å².